The highest BCUT2D eigenvalue weighted by atomic mass is 35.5. The fraction of sp³-hybridized carbons (Fsp3) is 0.310. The minimum atomic E-state index is -4.24. The monoisotopic (exact) mass is 607 g/mol. The molecule has 0 radical (unpaired) electrons. The molecule has 3 aromatic rings. The van der Waals surface area contributed by atoms with E-state index in [0.717, 1.165) is 22.0 Å². The summed E-state index contributed by atoms with van der Waals surface area (Å²) in [7, 11) is -4.24. The van der Waals surface area contributed by atoms with E-state index in [0.29, 0.717) is 17.0 Å². The second-order valence-corrected chi connectivity index (χ2v) is 12.2. The van der Waals surface area contributed by atoms with E-state index in [2.05, 4.69) is 5.32 Å². The molecule has 0 heterocycles. The number of anilines is 1. The lowest BCUT2D eigenvalue weighted by atomic mass is 10.1. The lowest BCUT2D eigenvalue weighted by Gasteiger charge is -2.32. The minimum absolute atomic E-state index is 0.0335. The lowest BCUT2D eigenvalue weighted by Crippen LogP contribution is -2.52. The summed E-state index contributed by atoms with van der Waals surface area (Å²) in [6.45, 7) is 6.50. The first-order chi connectivity index (χ1) is 18.8. The summed E-state index contributed by atoms with van der Waals surface area (Å²) >= 11 is 12.2. The minimum Gasteiger partial charge on any atom is -0.352 e. The SMILES string of the molecule is CC[C@H](C)NC(=O)[C@H](C)N(Cc1ccc(Cl)c(Cl)c1)C(=O)CN(c1ccc(F)cc1)S(=O)(=O)c1ccc(C)cc1. The van der Waals surface area contributed by atoms with Gasteiger partial charge in [-0.05, 0) is 81.3 Å². The zero-order valence-electron chi connectivity index (χ0n) is 22.7. The van der Waals surface area contributed by atoms with E-state index in [9.17, 15) is 22.4 Å². The Labute approximate surface area is 244 Å². The van der Waals surface area contributed by atoms with Gasteiger partial charge in [-0.1, -0.05) is 53.9 Å². The van der Waals surface area contributed by atoms with Gasteiger partial charge in [0.05, 0.1) is 20.6 Å². The van der Waals surface area contributed by atoms with Gasteiger partial charge in [-0.2, -0.15) is 0 Å². The van der Waals surface area contributed by atoms with Gasteiger partial charge in [0.2, 0.25) is 11.8 Å². The fourth-order valence-corrected chi connectivity index (χ4v) is 5.59. The van der Waals surface area contributed by atoms with E-state index in [4.69, 9.17) is 23.2 Å². The van der Waals surface area contributed by atoms with E-state index >= 15 is 0 Å². The van der Waals surface area contributed by atoms with Gasteiger partial charge in [-0.3, -0.25) is 13.9 Å². The molecule has 0 saturated heterocycles. The standard InChI is InChI=1S/C29H32Cl2FN3O4S/c1-5-20(3)33-29(37)21(4)34(17-22-8-15-26(30)27(31)16-22)28(36)18-35(24-11-9-23(32)10-12-24)40(38,39)25-13-6-19(2)7-14-25/h6-16,20-21H,5,17-18H2,1-4H3,(H,33,37)/t20-,21-/m0/s1. The third-order valence-corrected chi connectivity index (χ3v) is 9.03. The molecule has 0 spiro atoms. The van der Waals surface area contributed by atoms with E-state index in [-0.39, 0.29) is 28.2 Å². The van der Waals surface area contributed by atoms with Gasteiger partial charge >= 0.3 is 0 Å². The molecule has 11 heteroatoms. The molecule has 2 atom stereocenters. The molecule has 40 heavy (non-hydrogen) atoms. The Morgan fingerprint density at radius 3 is 2.15 bits per heavy atom. The summed E-state index contributed by atoms with van der Waals surface area (Å²) in [5, 5.41) is 3.48. The number of hydrogen-bond acceptors (Lipinski definition) is 4. The summed E-state index contributed by atoms with van der Waals surface area (Å²) in [5.41, 5.74) is 1.56. The summed E-state index contributed by atoms with van der Waals surface area (Å²) < 4.78 is 42.2. The molecule has 2 amide bonds. The van der Waals surface area contributed by atoms with Gasteiger partial charge in [0.25, 0.3) is 10.0 Å². The highest BCUT2D eigenvalue weighted by Gasteiger charge is 2.33. The fourth-order valence-electron chi connectivity index (χ4n) is 3.86. The van der Waals surface area contributed by atoms with Crippen LogP contribution in [0.4, 0.5) is 10.1 Å². The van der Waals surface area contributed by atoms with E-state index in [1.54, 1.807) is 37.3 Å². The largest absolute Gasteiger partial charge is 0.352 e. The molecule has 0 aliphatic rings. The molecule has 7 nitrogen and oxygen atoms in total. The Kier molecular flexibility index (Phi) is 10.6. The van der Waals surface area contributed by atoms with Crippen LogP contribution >= 0.6 is 23.2 Å². The third-order valence-electron chi connectivity index (χ3n) is 6.51. The third kappa shape index (κ3) is 7.74. The molecule has 0 fully saturated rings. The van der Waals surface area contributed by atoms with E-state index in [1.165, 1.54) is 29.2 Å². The summed E-state index contributed by atoms with van der Waals surface area (Å²) in [6, 6.07) is 14.8. The molecule has 0 bridgehead atoms. The molecule has 214 valence electrons. The Hall–Kier alpha value is -3.14. The van der Waals surface area contributed by atoms with Crippen molar-refractivity contribution >= 4 is 50.7 Å². The van der Waals surface area contributed by atoms with Gasteiger partial charge in [0, 0.05) is 12.6 Å². The van der Waals surface area contributed by atoms with Gasteiger partial charge in [0.15, 0.2) is 0 Å². The van der Waals surface area contributed by atoms with Crippen LogP contribution in [0, 0.1) is 12.7 Å². The van der Waals surface area contributed by atoms with Gasteiger partial charge < -0.3 is 10.2 Å². The quantitative estimate of drug-likeness (QED) is 0.291. The maximum atomic E-state index is 13.9. The first-order valence-electron chi connectivity index (χ1n) is 12.7. The van der Waals surface area contributed by atoms with Crippen LogP contribution in [0.5, 0.6) is 0 Å². The molecule has 0 aliphatic heterocycles. The van der Waals surface area contributed by atoms with Crippen molar-refractivity contribution in [1.82, 2.24) is 10.2 Å². The van der Waals surface area contributed by atoms with Gasteiger partial charge in [-0.15, -0.1) is 0 Å². The number of rotatable bonds is 11. The number of carbonyl (C=O) groups excluding carboxylic acids is 2. The second-order valence-electron chi connectivity index (χ2n) is 9.57. The van der Waals surface area contributed by atoms with Crippen LogP contribution in [-0.2, 0) is 26.2 Å². The van der Waals surface area contributed by atoms with E-state index < -0.39 is 40.2 Å². The molecule has 0 unspecified atom stereocenters. The van der Waals surface area contributed by atoms with Crippen molar-refractivity contribution in [3.63, 3.8) is 0 Å². The number of nitrogens with one attached hydrogen (secondary N) is 1. The average Bonchev–Trinajstić information content (AvgIpc) is 2.92. The first kappa shape index (κ1) is 31.4. The molecule has 1 N–H and O–H groups in total. The van der Waals surface area contributed by atoms with Crippen LogP contribution in [0.1, 0.15) is 38.3 Å². The number of benzene rings is 3. The highest BCUT2D eigenvalue weighted by molar-refractivity contribution is 7.92. The Balaban J connectivity index is 2.03. The second kappa shape index (κ2) is 13.5. The van der Waals surface area contributed by atoms with Crippen LogP contribution < -0.4 is 9.62 Å². The molecule has 0 aromatic heterocycles. The van der Waals surface area contributed by atoms with Crippen LogP contribution in [0.15, 0.2) is 71.6 Å². The Morgan fingerprint density at radius 2 is 1.57 bits per heavy atom. The predicted molar refractivity (Wildman–Crippen MR) is 156 cm³/mol. The van der Waals surface area contributed by atoms with Crippen molar-refractivity contribution in [3.05, 3.63) is 93.7 Å². The van der Waals surface area contributed by atoms with Gasteiger partial charge in [0.1, 0.15) is 18.4 Å². The van der Waals surface area contributed by atoms with Crippen LogP contribution in [-0.4, -0.2) is 43.8 Å². The number of aryl methyl sites for hydroxylation is 1. The predicted octanol–water partition coefficient (Wildman–Crippen LogP) is 5.97. The first-order valence-corrected chi connectivity index (χ1v) is 14.9. The van der Waals surface area contributed by atoms with Crippen molar-refractivity contribution in [1.29, 1.82) is 0 Å². The number of amides is 2. The average molecular weight is 609 g/mol. The van der Waals surface area contributed by atoms with Crippen molar-refractivity contribution < 1.29 is 22.4 Å². The zero-order valence-corrected chi connectivity index (χ0v) is 25.0. The summed E-state index contributed by atoms with van der Waals surface area (Å²) in [6.07, 6.45) is 0.687. The maximum absolute atomic E-state index is 13.9. The van der Waals surface area contributed by atoms with Gasteiger partial charge in [-0.25, -0.2) is 12.8 Å². The maximum Gasteiger partial charge on any atom is 0.264 e. The summed E-state index contributed by atoms with van der Waals surface area (Å²) in [4.78, 5) is 28.2. The molecule has 0 aliphatic carbocycles. The van der Waals surface area contributed by atoms with Crippen molar-refractivity contribution in [2.45, 2.75) is 57.6 Å². The molecule has 0 saturated carbocycles. The normalized spacial score (nSPS) is 12.9. The Morgan fingerprint density at radius 1 is 0.950 bits per heavy atom. The summed E-state index contributed by atoms with van der Waals surface area (Å²) in [5.74, 6) is -1.59. The molecular weight excluding hydrogens is 576 g/mol. The van der Waals surface area contributed by atoms with Crippen LogP contribution in [0.25, 0.3) is 0 Å². The smallest absolute Gasteiger partial charge is 0.264 e. The zero-order chi connectivity index (χ0) is 29.6. The lowest BCUT2D eigenvalue weighted by molar-refractivity contribution is -0.139. The molecule has 3 aromatic carbocycles. The molecular formula is C29H32Cl2FN3O4S. The number of halogens is 3. The number of hydrogen-bond donors (Lipinski definition) is 1. The van der Waals surface area contributed by atoms with Crippen LogP contribution in [0.3, 0.4) is 0 Å². The van der Waals surface area contributed by atoms with Crippen molar-refractivity contribution in [2.75, 3.05) is 10.8 Å². The van der Waals surface area contributed by atoms with E-state index in [1.807, 2.05) is 20.8 Å². The highest BCUT2D eigenvalue weighted by Crippen LogP contribution is 2.27. The number of carbonyl (C=O) groups is 2. The number of nitrogens with zero attached hydrogens (tertiary/aromatic N) is 2. The van der Waals surface area contributed by atoms with Crippen molar-refractivity contribution in [2.24, 2.45) is 0 Å². The Bertz CT molecular complexity index is 1450. The van der Waals surface area contributed by atoms with Crippen molar-refractivity contribution in [3.8, 4) is 0 Å². The topological polar surface area (TPSA) is 86.8 Å². The molecule has 3 rings (SSSR count). The van der Waals surface area contributed by atoms with Crippen LogP contribution in [0.2, 0.25) is 10.0 Å². The number of sulfonamides is 1.